The number of rotatable bonds is 2. The van der Waals surface area contributed by atoms with Gasteiger partial charge in [-0.25, -0.2) is 0 Å². The van der Waals surface area contributed by atoms with Gasteiger partial charge in [0.15, 0.2) is 0 Å². The molecule has 0 amide bonds. The number of nitrogens with zero attached hydrogens (tertiary/aromatic N) is 2. The molecule has 0 bridgehead atoms. The molecule has 0 unspecified atom stereocenters. The van der Waals surface area contributed by atoms with Crippen LogP contribution in [0.2, 0.25) is 0 Å². The minimum absolute atomic E-state index is 0.0406. The van der Waals surface area contributed by atoms with Gasteiger partial charge in [0.2, 0.25) is 0 Å². The monoisotopic (exact) mass is 204 g/mol. The average Bonchev–Trinajstić information content (AvgIpc) is 2.27. The van der Waals surface area contributed by atoms with Crippen molar-refractivity contribution < 1.29 is 9.66 Å². The van der Waals surface area contributed by atoms with Crippen molar-refractivity contribution in [1.29, 1.82) is 0 Å². The minimum atomic E-state index is -0.427. The van der Waals surface area contributed by atoms with E-state index in [1.807, 2.05) is 0 Å². The van der Waals surface area contributed by atoms with E-state index in [0.29, 0.717) is 16.7 Å². The summed E-state index contributed by atoms with van der Waals surface area (Å²) in [5.74, 6) is 0.538. The fourth-order valence-electron chi connectivity index (χ4n) is 1.46. The quantitative estimate of drug-likeness (QED) is 0.555. The fraction of sp³-hybridized carbons (Fsp3) is 0.100. The summed E-state index contributed by atoms with van der Waals surface area (Å²) in [6.45, 7) is 0. The molecule has 0 fully saturated rings. The van der Waals surface area contributed by atoms with Crippen LogP contribution in [-0.4, -0.2) is 17.0 Å². The Kier molecular flexibility index (Phi) is 2.21. The van der Waals surface area contributed by atoms with Gasteiger partial charge in [-0.05, 0) is 18.2 Å². The van der Waals surface area contributed by atoms with Crippen molar-refractivity contribution in [2.45, 2.75) is 0 Å². The van der Waals surface area contributed by atoms with Crippen LogP contribution in [0.3, 0.4) is 0 Å². The standard InChI is InChI=1S/C10H8N2O3/c1-15-9-5-4-8(12(13)14)7-3-2-6-11-10(7)9/h2-6H,1H3. The van der Waals surface area contributed by atoms with E-state index < -0.39 is 4.92 Å². The molecule has 0 N–H and O–H groups in total. The maximum absolute atomic E-state index is 10.8. The molecule has 0 aliphatic heterocycles. The predicted octanol–water partition coefficient (Wildman–Crippen LogP) is 2.15. The maximum Gasteiger partial charge on any atom is 0.279 e. The third-order valence-electron chi connectivity index (χ3n) is 2.13. The van der Waals surface area contributed by atoms with E-state index in [4.69, 9.17) is 4.74 Å². The fourth-order valence-corrected chi connectivity index (χ4v) is 1.46. The normalized spacial score (nSPS) is 10.2. The summed E-state index contributed by atoms with van der Waals surface area (Å²) in [5.41, 5.74) is 0.549. The van der Waals surface area contributed by atoms with Crippen LogP contribution in [0.15, 0.2) is 30.5 Å². The van der Waals surface area contributed by atoms with Crippen molar-refractivity contribution in [3.63, 3.8) is 0 Å². The highest BCUT2D eigenvalue weighted by atomic mass is 16.6. The lowest BCUT2D eigenvalue weighted by Crippen LogP contribution is -1.93. The number of nitro groups is 1. The molecule has 0 radical (unpaired) electrons. The zero-order chi connectivity index (χ0) is 10.8. The second-order valence-corrected chi connectivity index (χ2v) is 2.94. The zero-order valence-electron chi connectivity index (χ0n) is 8.01. The zero-order valence-corrected chi connectivity index (χ0v) is 8.01. The van der Waals surface area contributed by atoms with Crippen molar-refractivity contribution in [1.82, 2.24) is 4.98 Å². The Hall–Kier alpha value is -2.17. The molecule has 15 heavy (non-hydrogen) atoms. The van der Waals surface area contributed by atoms with Crippen LogP contribution in [0.5, 0.6) is 5.75 Å². The Morgan fingerprint density at radius 1 is 1.40 bits per heavy atom. The van der Waals surface area contributed by atoms with Gasteiger partial charge in [-0.3, -0.25) is 15.1 Å². The summed E-state index contributed by atoms with van der Waals surface area (Å²) in [6, 6.07) is 6.29. The van der Waals surface area contributed by atoms with Crippen LogP contribution in [0.25, 0.3) is 10.9 Å². The lowest BCUT2D eigenvalue weighted by molar-refractivity contribution is -0.383. The van der Waals surface area contributed by atoms with Gasteiger partial charge in [-0.15, -0.1) is 0 Å². The highest BCUT2D eigenvalue weighted by Crippen LogP contribution is 2.30. The molecule has 1 aromatic heterocycles. The molecule has 0 spiro atoms. The molecule has 0 aliphatic rings. The van der Waals surface area contributed by atoms with Gasteiger partial charge in [-0.1, -0.05) is 0 Å². The smallest absolute Gasteiger partial charge is 0.279 e. The van der Waals surface area contributed by atoms with E-state index in [1.165, 1.54) is 13.2 Å². The predicted molar refractivity (Wildman–Crippen MR) is 54.9 cm³/mol. The summed E-state index contributed by atoms with van der Waals surface area (Å²) in [6.07, 6.45) is 1.58. The number of non-ortho nitro benzene ring substituents is 1. The Morgan fingerprint density at radius 3 is 2.87 bits per heavy atom. The number of ether oxygens (including phenoxy) is 1. The maximum atomic E-state index is 10.8. The van der Waals surface area contributed by atoms with E-state index in [9.17, 15) is 10.1 Å². The summed E-state index contributed by atoms with van der Waals surface area (Å²) >= 11 is 0. The first-order valence-corrected chi connectivity index (χ1v) is 4.30. The molecule has 0 saturated heterocycles. The Balaban J connectivity index is 2.83. The number of hydrogen-bond acceptors (Lipinski definition) is 4. The highest BCUT2D eigenvalue weighted by molar-refractivity contribution is 5.92. The Bertz CT molecular complexity index is 525. The van der Waals surface area contributed by atoms with E-state index in [2.05, 4.69) is 4.98 Å². The van der Waals surface area contributed by atoms with Gasteiger partial charge in [0, 0.05) is 12.3 Å². The third kappa shape index (κ3) is 1.48. The van der Waals surface area contributed by atoms with E-state index in [0.717, 1.165) is 0 Å². The van der Waals surface area contributed by atoms with Gasteiger partial charge < -0.3 is 4.74 Å². The lowest BCUT2D eigenvalue weighted by Gasteiger charge is -2.03. The topological polar surface area (TPSA) is 65.3 Å². The van der Waals surface area contributed by atoms with Gasteiger partial charge in [0.25, 0.3) is 5.69 Å². The van der Waals surface area contributed by atoms with Crippen LogP contribution < -0.4 is 4.74 Å². The van der Waals surface area contributed by atoms with Crippen molar-refractivity contribution in [3.8, 4) is 5.75 Å². The van der Waals surface area contributed by atoms with Crippen molar-refractivity contribution in [2.75, 3.05) is 7.11 Å². The van der Waals surface area contributed by atoms with Crippen molar-refractivity contribution in [2.24, 2.45) is 0 Å². The van der Waals surface area contributed by atoms with Gasteiger partial charge >= 0.3 is 0 Å². The molecule has 0 aliphatic carbocycles. The van der Waals surface area contributed by atoms with Gasteiger partial charge in [0.05, 0.1) is 17.4 Å². The highest BCUT2D eigenvalue weighted by Gasteiger charge is 2.14. The first-order chi connectivity index (χ1) is 7.24. The van der Waals surface area contributed by atoms with Gasteiger partial charge in [-0.2, -0.15) is 0 Å². The second kappa shape index (κ2) is 3.53. The van der Waals surface area contributed by atoms with E-state index in [-0.39, 0.29) is 5.69 Å². The summed E-state index contributed by atoms with van der Waals surface area (Å²) in [4.78, 5) is 14.4. The third-order valence-corrected chi connectivity index (χ3v) is 2.13. The second-order valence-electron chi connectivity index (χ2n) is 2.94. The number of nitro benzene ring substituents is 1. The molecular formula is C10H8N2O3. The molecule has 0 saturated carbocycles. The van der Waals surface area contributed by atoms with E-state index in [1.54, 1.807) is 24.4 Å². The molecule has 5 heteroatoms. The number of hydrogen-bond donors (Lipinski definition) is 0. The van der Waals surface area contributed by atoms with Crippen LogP contribution in [0, 0.1) is 10.1 Å². The molecule has 1 aromatic carbocycles. The van der Waals surface area contributed by atoms with E-state index >= 15 is 0 Å². The Morgan fingerprint density at radius 2 is 2.20 bits per heavy atom. The van der Waals surface area contributed by atoms with Crippen molar-refractivity contribution >= 4 is 16.6 Å². The molecular weight excluding hydrogens is 196 g/mol. The van der Waals surface area contributed by atoms with Crippen LogP contribution in [0.1, 0.15) is 0 Å². The van der Waals surface area contributed by atoms with Crippen LogP contribution >= 0.6 is 0 Å². The summed E-state index contributed by atoms with van der Waals surface area (Å²) in [5, 5.41) is 11.2. The first kappa shape index (κ1) is 9.39. The average molecular weight is 204 g/mol. The number of aromatic nitrogens is 1. The van der Waals surface area contributed by atoms with Crippen LogP contribution in [-0.2, 0) is 0 Å². The first-order valence-electron chi connectivity index (χ1n) is 4.30. The molecule has 2 rings (SSSR count). The molecule has 5 nitrogen and oxygen atoms in total. The largest absolute Gasteiger partial charge is 0.494 e. The van der Waals surface area contributed by atoms with Crippen LogP contribution in [0.4, 0.5) is 5.69 Å². The molecule has 76 valence electrons. The number of pyridine rings is 1. The van der Waals surface area contributed by atoms with Gasteiger partial charge in [0.1, 0.15) is 11.3 Å². The Labute approximate surface area is 85.5 Å². The lowest BCUT2D eigenvalue weighted by atomic mass is 10.1. The number of benzene rings is 1. The molecule has 2 aromatic rings. The minimum Gasteiger partial charge on any atom is -0.494 e. The summed E-state index contributed by atoms with van der Waals surface area (Å²) < 4.78 is 5.08. The number of methoxy groups -OCH3 is 1. The summed E-state index contributed by atoms with van der Waals surface area (Å²) in [7, 11) is 1.51. The number of fused-ring (bicyclic) bond motifs is 1. The molecule has 0 atom stereocenters. The van der Waals surface area contributed by atoms with Crippen molar-refractivity contribution in [3.05, 3.63) is 40.6 Å². The molecule has 1 heterocycles. The SMILES string of the molecule is COc1ccc([N+](=O)[O-])c2cccnc12.